The Hall–Kier alpha value is -3.44. The SMILES string of the molecule is C=CC(C/C=C/F)N(C)C(CCCCC(=O)O)=N/C=C/C(=C\C=C(C)C)C1=NCC(C)=N1.CCc1ccc(P)cc1. The summed E-state index contributed by atoms with van der Waals surface area (Å²) >= 11 is 0. The van der Waals surface area contributed by atoms with E-state index in [4.69, 9.17) is 5.11 Å². The molecule has 0 amide bonds. The number of carboxylic acid groups (broad SMARTS) is 1. The third kappa shape index (κ3) is 15.2. The second-order valence-electron chi connectivity index (χ2n) is 9.92. The summed E-state index contributed by atoms with van der Waals surface area (Å²) in [7, 11) is 4.56. The van der Waals surface area contributed by atoms with Crippen LogP contribution in [0, 0.1) is 0 Å². The van der Waals surface area contributed by atoms with Gasteiger partial charge < -0.3 is 10.0 Å². The molecule has 0 fully saturated rings. The van der Waals surface area contributed by atoms with Gasteiger partial charge in [0, 0.05) is 37.4 Å². The molecule has 8 heteroatoms. The van der Waals surface area contributed by atoms with E-state index < -0.39 is 5.97 Å². The van der Waals surface area contributed by atoms with E-state index in [1.54, 1.807) is 12.3 Å². The summed E-state index contributed by atoms with van der Waals surface area (Å²) < 4.78 is 12.5. The van der Waals surface area contributed by atoms with Crippen LogP contribution in [0.3, 0.4) is 0 Å². The lowest BCUT2D eigenvalue weighted by atomic mass is 10.1. The van der Waals surface area contributed by atoms with Crippen molar-refractivity contribution >= 4 is 37.9 Å². The molecule has 1 N–H and O–H groups in total. The minimum absolute atomic E-state index is 0.120. The lowest BCUT2D eigenvalue weighted by molar-refractivity contribution is -0.137. The van der Waals surface area contributed by atoms with Crippen LogP contribution in [0.2, 0.25) is 0 Å². The molecule has 2 unspecified atom stereocenters. The maximum absolute atomic E-state index is 12.5. The number of amidine groups is 2. The average molecular weight is 581 g/mol. The predicted molar refractivity (Wildman–Crippen MR) is 177 cm³/mol. The third-order valence-corrected chi connectivity index (χ3v) is 6.54. The summed E-state index contributed by atoms with van der Waals surface area (Å²) in [5.41, 5.74) is 4.39. The first kappa shape index (κ1) is 35.6. The number of hydrogen-bond donors (Lipinski definition) is 1. The summed E-state index contributed by atoms with van der Waals surface area (Å²) in [4.78, 5) is 26.4. The number of allylic oxidation sites excluding steroid dienone is 3. The van der Waals surface area contributed by atoms with E-state index in [0.717, 1.165) is 29.1 Å². The number of benzene rings is 1. The highest BCUT2D eigenvalue weighted by molar-refractivity contribution is 7.27. The molecule has 1 aliphatic rings. The van der Waals surface area contributed by atoms with E-state index in [9.17, 15) is 9.18 Å². The lowest BCUT2D eigenvalue weighted by Gasteiger charge is -2.28. The number of halogens is 1. The van der Waals surface area contributed by atoms with Crippen molar-refractivity contribution in [2.75, 3.05) is 13.6 Å². The molecule has 0 spiro atoms. The van der Waals surface area contributed by atoms with Crippen LogP contribution < -0.4 is 5.30 Å². The maximum Gasteiger partial charge on any atom is 0.303 e. The summed E-state index contributed by atoms with van der Waals surface area (Å²) in [5.74, 6) is 0.647. The first-order chi connectivity index (χ1) is 19.6. The van der Waals surface area contributed by atoms with Crippen LogP contribution >= 0.6 is 9.24 Å². The number of hydrogen-bond acceptors (Lipinski definition) is 4. The second kappa shape index (κ2) is 20.4. The number of aliphatic carboxylic acids is 1. The molecule has 1 heterocycles. The minimum Gasteiger partial charge on any atom is -0.481 e. The number of nitrogens with zero attached hydrogens (tertiary/aromatic N) is 4. The Morgan fingerprint density at radius 2 is 1.90 bits per heavy atom. The van der Waals surface area contributed by atoms with Crippen molar-refractivity contribution in [1.82, 2.24) is 4.90 Å². The molecular formula is C33H46FN4O2P. The summed E-state index contributed by atoms with van der Waals surface area (Å²) in [6, 6.07) is 8.42. The Kier molecular flexibility index (Phi) is 17.7. The number of unbranched alkanes of at least 4 members (excludes halogenated alkanes) is 1. The van der Waals surface area contributed by atoms with Crippen molar-refractivity contribution < 1.29 is 14.3 Å². The van der Waals surface area contributed by atoms with E-state index >= 15 is 0 Å². The van der Waals surface area contributed by atoms with Gasteiger partial charge in [0.25, 0.3) is 0 Å². The number of likely N-dealkylation sites (N-methyl/N-ethyl adjacent to an activating group) is 1. The molecule has 2 rings (SSSR count). The van der Waals surface area contributed by atoms with E-state index in [1.807, 2.05) is 50.9 Å². The Morgan fingerprint density at radius 3 is 2.44 bits per heavy atom. The minimum atomic E-state index is -0.809. The van der Waals surface area contributed by atoms with Gasteiger partial charge in [-0.2, -0.15) is 0 Å². The van der Waals surface area contributed by atoms with E-state index in [0.29, 0.717) is 44.4 Å². The van der Waals surface area contributed by atoms with Crippen LogP contribution in [0.1, 0.15) is 65.4 Å². The van der Waals surface area contributed by atoms with Crippen LogP contribution in [0.15, 0.2) is 99.9 Å². The summed E-state index contributed by atoms with van der Waals surface area (Å²) in [5, 5.41) is 10.1. The van der Waals surface area contributed by atoms with Gasteiger partial charge in [-0.1, -0.05) is 61.1 Å². The van der Waals surface area contributed by atoms with Gasteiger partial charge >= 0.3 is 5.97 Å². The summed E-state index contributed by atoms with van der Waals surface area (Å²) in [6.45, 7) is 12.6. The van der Waals surface area contributed by atoms with Crippen LogP contribution in [0.5, 0.6) is 0 Å². The molecule has 0 aliphatic carbocycles. The number of aryl methyl sites for hydroxylation is 1. The zero-order valence-electron chi connectivity index (χ0n) is 25.2. The van der Waals surface area contributed by atoms with Gasteiger partial charge in [0.05, 0.1) is 18.9 Å². The molecule has 1 aromatic rings. The fourth-order valence-electron chi connectivity index (χ4n) is 3.70. The van der Waals surface area contributed by atoms with Gasteiger partial charge in [0.15, 0.2) is 5.84 Å². The smallest absolute Gasteiger partial charge is 0.303 e. The monoisotopic (exact) mass is 580 g/mol. The van der Waals surface area contributed by atoms with Crippen molar-refractivity contribution in [1.29, 1.82) is 0 Å². The van der Waals surface area contributed by atoms with Crippen molar-refractivity contribution in [2.24, 2.45) is 15.0 Å². The largest absolute Gasteiger partial charge is 0.481 e. The van der Waals surface area contributed by atoms with Crippen LogP contribution in [0.25, 0.3) is 0 Å². The zero-order valence-corrected chi connectivity index (χ0v) is 26.3. The highest BCUT2D eigenvalue weighted by Gasteiger charge is 2.15. The van der Waals surface area contributed by atoms with Crippen molar-refractivity contribution in [3.63, 3.8) is 0 Å². The number of carbonyl (C=O) groups is 1. The lowest BCUT2D eigenvalue weighted by Crippen LogP contribution is -2.35. The molecule has 0 radical (unpaired) electrons. The van der Waals surface area contributed by atoms with Crippen molar-refractivity contribution in [2.45, 2.75) is 72.3 Å². The zero-order chi connectivity index (χ0) is 30.6. The quantitative estimate of drug-likeness (QED) is 0.0621. The molecule has 1 aliphatic heterocycles. The molecule has 6 nitrogen and oxygen atoms in total. The van der Waals surface area contributed by atoms with Crippen molar-refractivity contribution in [3.05, 3.63) is 90.5 Å². The van der Waals surface area contributed by atoms with Gasteiger partial charge in [0.2, 0.25) is 0 Å². The van der Waals surface area contributed by atoms with Gasteiger partial charge in [0.1, 0.15) is 5.84 Å². The summed E-state index contributed by atoms with van der Waals surface area (Å²) in [6.07, 6.45) is 14.8. The van der Waals surface area contributed by atoms with Gasteiger partial charge in [-0.05, 0) is 63.4 Å². The van der Waals surface area contributed by atoms with E-state index in [2.05, 4.69) is 62.0 Å². The normalized spacial score (nSPS) is 14.3. The second-order valence-corrected chi connectivity index (χ2v) is 10.6. The number of aliphatic imine (C=N–C) groups is 3. The number of rotatable bonds is 14. The fourth-order valence-corrected chi connectivity index (χ4v) is 3.89. The highest BCUT2D eigenvalue weighted by Crippen LogP contribution is 2.13. The highest BCUT2D eigenvalue weighted by atomic mass is 31.0. The Morgan fingerprint density at radius 1 is 1.22 bits per heavy atom. The van der Waals surface area contributed by atoms with Gasteiger partial charge in [-0.3, -0.25) is 9.79 Å². The molecule has 0 bridgehead atoms. The molecule has 0 saturated heterocycles. The van der Waals surface area contributed by atoms with Gasteiger partial charge in [-0.25, -0.2) is 14.4 Å². The van der Waals surface area contributed by atoms with Crippen LogP contribution in [-0.2, 0) is 11.2 Å². The molecule has 1 aromatic carbocycles. The third-order valence-electron chi connectivity index (χ3n) is 6.16. The Bertz CT molecular complexity index is 1190. The van der Waals surface area contributed by atoms with E-state index in [-0.39, 0.29) is 12.5 Å². The number of carboxylic acids is 1. The van der Waals surface area contributed by atoms with E-state index in [1.165, 1.54) is 16.9 Å². The van der Waals surface area contributed by atoms with Gasteiger partial charge in [-0.15, -0.1) is 15.8 Å². The molecule has 222 valence electrons. The fraction of sp³-hybridized carbons (Fsp3) is 0.394. The maximum atomic E-state index is 12.5. The predicted octanol–water partition coefficient (Wildman–Crippen LogP) is 7.42. The Balaban J connectivity index is 0.000000787. The average Bonchev–Trinajstić information content (AvgIpc) is 3.38. The topological polar surface area (TPSA) is 77.6 Å². The molecule has 0 aromatic heterocycles. The molecule has 2 atom stereocenters. The Labute approximate surface area is 248 Å². The van der Waals surface area contributed by atoms with Crippen molar-refractivity contribution in [3.8, 4) is 0 Å². The first-order valence-corrected chi connectivity index (χ1v) is 14.5. The van der Waals surface area contributed by atoms with Crippen LogP contribution in [-0.4, -0.2) is 53.0 Å². The standard InChI is InChI=1S/C25H35FN4O2.C8H11P/c1-6-22(10-9-16-26)30(5)23(11-7-8-12-24(31)32)27-17-15-21(14-13-19(2)3)25-28-18-20(4)29-25;1-2-7-3-5-8(9)6-4-7/h6,9,13-17,22H,1,7-8,10-12,18H2,2-5H3,(H,31,32);3-6H,2,9H2,1H3/b16-9+,17-15+,21-14+,27-23?;. The first-order valence-electron chi connectivity index (χ1n) is 13.9. The molecular weight excluding hydrogens is 534 g/mol. The van der Waals surface area contributed by atoms with Crippen LogP contribution in [0.4, 0.5) is 4.39 Å². The molecule has 0 saturated carbocycles. The molecule has 41 heavy (non-hydrogen) atoms.